The van der Waals surface area contributed by atoms with Crippen molar-refractivity contribution in [2.75, 3.05) is 33.2 Å². The first-order chi connectivity index (χ1) is 11.0. The number of aryl methyl sites for hydroxylation is 1. The fourth-order valence-electron chi connectivity index (χ4n) is 2.94. The molecule has 0 bridgehead atoms. The van der Waals surface area contributed by atoms with Gasteiger partial charge in [0.15, 0.2) is 5.82 Å². The van der Waals surface area contributed by atoms with Gasteiger partial charge in [-0.2, -0.15) is 4.98 Å². The van der Waals surface area contributed by atoms with Crippen LogP contribution in [0.4, 0.5) is 4.79 Å². The van der Waals surface area contributed by atoms with Gasteiger partial charge in [0.25, 0.3) is 5.91 Å². The highest BCUT2D eigenvalue weighted by Crippen LogP contribution is 2.25. The summed E-state index contributed by atoms with van der Waals surface area (Å²) < 4.78 is 5.19. The average Bonchev–Trinajstić information content (AvgIpc) is 3.06. The Morgan fingerprint density at radius 2 is 2.17 bits per heavy atom. The summed E-state index contributed by atoms with van der Waals surface area (Å²) in [5.41, 5.74) is 0. The van der Waals surface area contributed by atoms with Crippen LogP contribution in [-0.4, -0.2) is 75.9 Å². The summed E-state index contributed by atoms with van der Waals surface area (Å²) in [5, 5.41) is 3.78. The quantitative estimate of drug-likeness (QED) is 0.725. The Morgan fingerprint density at radius 3 is 2.78 bits per heavy atom. The number of likely N-dealkylation sites (tertiary alicyclic amines) is 1. The Hall–Kier alpha value is -2.45. The van der Waals surface area contributed by atoms with Crippen LogP contribution >= 0.6 is 0 Å². The summed E-state index contributed by atoms with van der Waals surface area (Å²) in [6.07, 6.45) is 1.69. The molecule has 4 amide bonds. The molecule has 0 aliphatic carbocycles. The topological polar surface area (TPSA) is 99.9 Å². The van der Waals surface area contributed by atoms with E-state index < -0.39 is 6.03 Å². The van der Waals surface area contributed by atoms with Gasteiger partial charge in [-0.25, -0.2) is 4.79 Å². The van der Waals surface area contributed by atoms with Crippen LogP contribution in [0.5, 0.6) is 0 Å². The predicted molar refractivity (Wildman–Crippen MR) is 77.3 cm³/mol. The second-order valence-electron chi connectivity index (χ2n) is 5.98. The van der Waals surface area contributed by atoms with E-state index in [0.717, 1.165) is 17.7 Å². The molecule has 2 aliphatic heterocycles. The number of amides is 4. The molecule has 0 saturated carbocycles. The number of aromatic nitrogens is 2. The first-order valence-electron chi connectivity index (χ1n) is 7.59. The number of carbonyl (C=O) groups is 3. The lowest BCUT2D eigenvalue weighted by atomic mass is 9.98. The Balaban J connectivity index is 1.63. The zero-order valence-electron chi connectivity index (χ0n) is 13.2. The number of nitrogens with zero attached hydrogens (tertiary/aromatic N) is 5. The van der Waals surface area contributed by atoms with Gasteiger partial charge in [-0.1, -0.05) is 5.16 Å². The minimum Gasteiger partial charge on any atom is -0.340 e. The predicted octanol–water partition coefficient (Wildman–Crippen LogP) is -0.0220. The Kier molecular flexibility index (Phi) is 4.01. The third-order valence-corrected chi connectivity index (χ3v) is 4.19. The van der Waals surface area contributed by atoms with Crippen molar-refractivity contribution in [1.82, 2.24) is 24.8 Å². The van der Waals surface area contributed by atoms with Crippen LogP contribution in [-0.2, 0) is 9.59 Å². The van der Waals surface area contributed by atoms with Crippen LogP contribution in [0.3, 0.4) is 0 Å². The van der Waals surface area contributed by atoms with Gasteiger partial charge in [0.2, 0.25) is 11.8 Å². The molecule has 0 spiro atoms. The lowest BCUT2D eigenvalue weighted by molar-refractivity contribution is -0.137. The molecular formula is C14H19N5O4. The van der Waals surface area contributed by atoms with Gasteiger partial charge in [-0.05, 0) is 19.8 Å². The number of carbonyl (C=O) groups excluding carboxylic acids is 3. The van der Waals surface area contributed by atoms with E-state index in [1.807, 2.05) is 0 Å². The van der Waals surface area contributed by atoms with E-state index in [1.54, 1.807) is 18.9 Å². The summed E-state index contributed by atoms with van der Waals surface area (Å²) in [7, 11) is 1.54. The summed E-state index contributed by atoms with van der Waals surface area (Å²) in [4.78, 5) is 44.2. The molecule has 0 unspecified atom stereocenters. The molecule has 0 aromatic carbocycles. The minimum absolute atomic E-state index is 0.00144. The standard InChI is InChI=1S/C14H19N5O4/c1-9-15-13(23-16-9)10-4-3-5-18(6-10)11(20)8-19-12(21)7-17(2)14(19)22/h10H,3-8H2,1-2H3/t10-/m0/s1. The summed E-state index contributed by atoms with van der Waals surface area (Å²) in [6.45, 7) is 2.63. The SMILES string of the molecule is Cc1noc([C@H]2CCCN(C(=O)CN3C(=O)CN(C)C3=O)C2)n1. The highest BCUT2D eigenvalue weighted by molar-refractivity contribution is 6.04. The second-order valence-corrected chi connectivity index (χ2v) is 5.98. The first-order valence-corrected chi connectivity index (χ1v) is 7.59. The summed E-state index contributed by atoms with van der Waals surface area (Å²) in [6, 6.07) is -0.426. The van der Waals surface area contributed by atoms with Crippen molar-refractivity contribution in [2.45, 2.75) is 25.7 Å². The van der Waals surface area contributed by atoms with Gasteiger partial charge in [0.1, 0.15) is 13.1 Å². The normalized spacial score (nSPS) is 22.2. The van der Waals surface area contributed by atoms with Gasteiger partial charge in [-0.15, -0.1) is 0 Å². The maximum Gasteiger partial charge on any atom is 0.327 e. The number of imide groups is 1. The van der Waals surface area contributed by atoms with Crippen molar-refractivity contribution in [2.24, 2.45) is 0 Å². The van der Waals surface area contributed by atoms with Crippen molar-refractivity contribution < 1.29 is 18.9 Å². The van der Waals surface area contributed by atoms with Crippen LogP contribution in [0.1, 0.15) is 30.5 Å². The molecule has 3 rings (SSSR count). The largest absolute Gasteiger partial charge is 0.340 e. The highest BCUT2D eigenvalue weighted by atomic mass is 16.5. The van der Waals surface area contributed by atoms with Gasteiger partial charge >= 0.3 is 6.03 Å². The van der Waals surface area contributed by atoms with Crippen molar-refractivity contribution in [3.8, 4) is 0 Å². The van der Waals surface area contributed by atoms with Crippen molar-refractivity contribution in [1.29, 1.82) is 0 Å². The van der Waals surface area contributed by atoms with Gasteiger partial charge in [0.05, 0.1) is 5.92 Å². The maximum atomic E-state index is 12.4. The average molecular weight is 321 g/mol. The number of likely N-dealkylation sites (N-methyl/N-ethyl adjacent to an activating group) is 1. The van der Waals surface area contributed by atoms with E-state index in [9.17, 15) is 14.4 Å². The molecule has 9 heteroatoms. The number of hydrogen-bond acceptors (Lipinski definition) is 6. The van der Waals surface area contributed by atoms with Gasteiger partial charge < -0.3 is 14.3 Å². The molecule has 1 aromatic heterocycles. The number of urea groups is 1. The molecule has 9 nitrogen and oxygen atoms in total. The van der Waals surface area contributed by atoms with Gasteiger partial charge in [0, 0.05) is 20.1 Å². The van der Waals surface area contributed by atoms with Crippen molar-refractivity contribution >= 4 is 17.8 Å². The fraction of sp³-hybridized carbons (Fsp3) is 0.643. The zero-order chi connectivity index (χ0) is 16.6. The summed E-state index contributed by atoms with van der Waals surface area (Å²) in [5.74, 6) is 0.532. The molecule has 1 atom stereocenters. The molecule has 1 aromatic rings. The number of piperidine rings is 1. The third kappa shape index (κ3) is 3.03. The molecule has 2 fully saturated rings. The summed E-state index contributed by atoms with van der Waals surface area (Å²) >= 11 is 0. The fourth-order valence-corrected chi connectivity index (χ4v) is 2.94. The van der Waals surface area contributed by atoms with Crippen LogP contribution in [0, 0.1) is 6.92 Å². The van der Waals surface area contributed by atoms with E-state index in [4.69, 9.17) is 4.52 Å². The van der Waals surface area contributed by atoms with Crippen molar-refractivity contribution in [3.63, 3.8) is 0 Å². The third-order valence-electron chi connectivity index (χ3n) is 4.19. The molecule has 2 aliphatic rings. The van der Waals surface area contributed by atoms with E-state index in [-0.39, 0.29) is 30.8 Å². The first kappa shape index (κ1) is 15.4. The Bertz CT molecular complexity index is 643. The maximum absolute atomic E-state index is 12.4. The van der Waals surface area contributed by atoms with E-state index in [0.29, 0.717) is 24.8 Å². The molecule has 3 heterocycles. The molecule has 2 saturated heterocycles. The van der Waals surface area contributed by atoms with E-state index in [2.05, 4.69) is 10.1 Å². The smallest absolute Gasteiger partial charge is 0.327 e. The van der Waals surface area contributed by atoms with Crippen molar-refractivity contribution in [3.05, 3.63) is 11.7 Å². The lowest BCUT2D eigenvalue weighted by Gasteiger charge is -2.31. The number of rotatable bonds is 3. The Labute approximate surface area is 133 Å². The number of hydrogen-bond donors (Lipinski definition) is 0. The molecular weight excluding hydrogens is 302 g/mol. The minimum atomic E-state index is -0.426. The zero-order valence-corrected chi connectivity index (χ0v) is 13.2. The molecule has 23 heavy (non-hydrogen) atoms. The Morgan fingerprint density at radius 1 is 1.39 bits per heavy atom. The molecule has 124 valence electrons. The van der Waals surface area contributed by atoms with Crippen LogP contribution < -0.4 is 0 Å². The monoisotopic (exact) mass is 321 g/mol. The lowest BCUT2D eigenvalue weighted by Crippen LogP contribution is -2.46. The second kappa shape index (κ2) is 5.98. The van der Waals surface area contributed by atoms with E-state index >= 15 is 0 Å². The van der Waals surface area contributed by atoms with Crippen LogP contribution in [0.2, 0.25) is 0 Å². The molecule has 0 radical (unpaired) electrons. The van der Waals surface area contributed by atoms with E-state index in [1.165, 1.54) is 4.90 Å². The van der Waals surface area contributed by atoms with Crippen LogP contribution in [0.25, 0.3) is 0 Å². The highest BCUT2D eigenvalue weighted by Gasteiger charge is 2.37. The van der Waals surface area contributed by atoms with Crippen LogP contribution in [0.15, 0.2) is 4.52 Å². The molecule has 0 N–H and O–H groups in total. The van der Waals surface area contributed by atoms with Gasteiger partial charge in [-0.3, -0.25) is 14.5 Å².